The highest BCUT2D eigenvalue weighted by Crippen LogP contribution is 2.21. The van der Waals surface area contributed by atoms with Crippen molar-refractivity contribution in [3.05, 3.63) is 41.4 Å². The number of halogens is 1. The molecule has 0 aliphatic heterocycles. The lowest BCUT2D eigenvalue weighted by atomic mass is 10.1. The monoisotopic (exact) mass is 368 g/mol. The summed E-state index contributed by atoms with van der Waals surface area (Å²) < 4.78 is 5.07. The van der Waals surface area contributed by atoms with E-state index in [4.69, 9.17) is 21.4 Å². The topological polar surface area (TPSA) is 105 Å². The molecular formula is C17H21ClN2O5. The number of rotatable bonds is 9. The second kappa shape index (κ2) is 9.80. The summed E-state index contributed by atoms with van der Waals surface area (Å²) in [5.41, 5.74) is 0.446. The zero-order valence-electron chi connectivity index (χ0n) is 14.0. The molecule has 1 rings (SSSR count). The number of carbonyl (C=O) groups excluding carboxylic acids is 2. The maximum atomic E-state index is 12.3. The van der Waals surface area contributed by atoms with Crippen LogP contribution in [0.2, 0.25) is 5.02 Å². The Kier molecular flexibility index (Phi) is 8.10. The number of carboxylic acids is 1. The van der Waals surface area contributed by atoms with Crippen molar-refractivity contribution in [2.24, 2.45) is 5.92 Å². The first kappa shape index (κ1) is 20.7. The fourth-order valence-electron chi connectivity index (χ4n) is 1.74. The Hall–Kier alpha value is -2.38. The molecule has 0 aromatic heterocycles. The van der Waals surface area contributed by atoms with Gasteiger partial charge in [0.25, 0.3) is 5.91 Å². The summed E-state index contributed by atoms with van der Waals surface area (Å²) >= 11 is 6.01. The fraction of sp³-hybridized carbons (Fsp3) is 0.353. The molecule has 0 bridgehead atoms. The van der Waals surface area contributed by atoms with Crippen molar-refractivity contribution in [3.8, 4) is 0 Å². The molecule has 1 aromatic rings. The molecule has 25 heavy (non-hydrogen) atoms. The Balaban J connectivity index is 2.89. The quantitative estimate of drug-likeness (QED) is 0.458. The summed E-state index contributed by atoms with van der Waals surface area (Å²) in [5, 5.41) is 14.3. The highest BCUT2D eigenvalue weighted by Gasteiger charge is 2.22. The lowest BCUT2D eigenvalue weighted by Gasteiger charge is -2.16. The van der Waals surface area contributed by atoms with Gasteiger partial charge in [0.2, 0.25) is 5.91 Å². The van der Waals surface area contributed by atoms with Gasteiger partial charge in [-0.05, 0) is 18.2 Å². The van der Waals surface area contributed by atoms with Gasteiger partial charge < -0.3 is 20.5 Å². The predicted octanol–water partition coefficient (Wildman–Crippen LogP) is 2.32. The van der Waals surface area contributed by atoms with Gasteiger partial charge in [-0.3, -0.25) is 9.59 Å². The Morgan fingerprint density at radius 3 is 2.60 bits per heavy atom. The first-order chi connectivity index (χ1) is 11.8. The van der Waals surface area contributed by atoms with Crippen LogP contribution in [-0.2, 0) is 14.3 Å². The Bertz CT molecular complexity index is 660. The lowest BCUT2D eigenvalue weighted by Crippen LogP contribution is -2.44. The van der Waals surface area contributed by atoms with Crippen molar-refractivity contribution in [1.29, 1.82) is 0 Å². The fourth-order valence-corrected chi connectivity index (χ4v) is 1.95. The molecule has 1 unspecified atom stereocenters. The molecular weight excluding hydrogens is 348 g/mol. The molecule has 0 fully saturated rings. The zero-order chi connectivity index (χ0) is 19.0. The van der Waals surface area contributed by atoms with Gasteiger partial charge in [-0.1, -0.05) is 31.5 Å². The number of nitrogens with one attached hydrogen (secondary N) is 2. The summed E-state index contributed by atoms with van der Waals surface area (Å²) in [4.78, 5) is 35.3. The van der Waals surface area contributed by atoms with E-state index in [2.05, 4.69) is 17.2 Å². The highest BCUT2D eigenvalue weighted by molar-refractivity contribution is 6.34. The summed E-state index contributed by atoms with van der Waals surface area (Å²) in [5.74, 6) is -2.36. The molecule has 2 amide bonds. The molecule has 0 saturated carbocycles. The number of amides is 2. The van der Waals surface area contributed by atoms with Gasteiger partial charge >= 0.3 is 5.97 Å². The van der Waals surface area contributed by atoms with Crippen LogP contribution < -0.4 is 10.6 Å². The third-order valence-corrected chi connectivity index (χ3v) is 3.46. The van der Waals surface area contributed by atoms with Crippen molar-refractivity contribution < 1.29 is 24.2 Å². The number of hydrogen-bond donors (Lipinski definition) is 3. The van der Waals surface area contributed by atoms with Crippen LogP contribution in [0.15, 0.2) is 30.9 Å². The SMILES string of the molecule is C=CCOCC(NC(=O)c1cc(NC(=O)C(C)C)ccc1Cl)C(=O)O. The molecule has 1 atom stereocenters. The summed E-state index contributed by atoms with van der Waals surface area (Å²) in [6.45, 7) is 6.88. The number of hydrogen-bond acceptors (Lipinski definition) is 4. The summed E-state index contributed by atoms with van der Waals surface area (Å²) in [6.07, 6.45) is 1.47. The van der Waals surface area contributed by atoms with Crippen molar-refractivity contribution in [2.45, 2.75) is 19.9 Å². The van der Waals surface area contributed by atoms with Crippen molar-refractivity contribution >= 4 is 35.1 Å². The minimum absolute atomic E-state index is 0.0539. The Morgan fingerprint density at radius 2 is 2.04 bits per heavy atom. The van der Waals surface area contributed by atoms with E-state index in [0.717, 1.165) is 0 Å². The average Bonchev–Trinajstić information content (AvgIpc) is 2.55. The van der Waals surface area contributed by atoms with E-state index in [1.807, 2.05) is 0 Å². The molecule has 0 spiro atoms. The van der Waals surface area contributed by atoms with Crippen LogP contribution in [0, 0.1) is 5.92 Å². The Labute approximate surface area is 151 Å². The summed E-state index contributed by atoms with van der Waals surface area (Å²) in [6, 6.07) is 3.16. The third kappa shape index (κ3) is 6.56. The van der Waals surface area contributed by atoms with Crippen LogP contribution in [0.1, 0.15) is 24.2 Å². The predicted molar refractivity (Wildman–Crippen MR) is 94.8 cm³/mol. The van der Waals surface area contributed by atoms with Gasteiger partial charge in [-0.15, -0.1) is 6.58 Å². The molecule has 0 aliphatic rings. The normalized spacial score (nSPS) is 11.7. The Morgan fingerprint density at radius 1 is 1.36 bits per heavy atom. The molecule has 0 saturated heterocycles. The zero-order valence-corrected chi connectivity index (χ0v) is 14.8. The van der Waals surface area contributed by atoms with Gasteiger partial charge in [-0.25, -0.2) is 4.79 Å². The largest absolute Gasteiger partial charge is 0.480 e. The van der Waals surface area contributed by atoms with E-state index in [1.165, 1.54) is 18.2 Å². The molecule has 136 valence electrons. The van der Waals surface area contributed by atoms with Crippen molar-refractivity contribution in [3.63, 3.8) is 0 Å². The minimum atomic E-state index is -1.24. The standard InChI is InChI=1S/C17H21ClN2O5/c1-4-7-25-9-14(17(23)24)20-16(22)12-8-11(5-6-13(12)18)19-15(21)10(2)3/h4-6,8,10,14H,1,7,9H2,2-3H3,(H,19,21)(H,20,22)(H,23,24). The van der Waals surface area contributed by atoms with Crippen LogP contribution in [-0.4, -0.2) is 42.1 Å². The van der Waals surface area contributed by atoms with E-state index >= 15 is 0 Å². The van der Waals surface area contributed by atoms with E-state index in [1.54, 1.807) is 19.9 Å². The molecule has 8 heteroatoms. The second-order valence-corrected chi connectivity index (χ2v) is 5.94. The molecule has 0 radical (unpaired) electrons. The molecule has 0 heterocycles. The molecule has 0 aliphatic carbocycles. The van der Waals surface area contributed by atoms with Crippen LogP contribution >= 0.6 is 11.6 Å². The van der Waals surface area contributed by atoms with Gasteiger partial charge in [0, 0.05) is 11.6 Å². The van der Waals surface area contributed by atoms with Crippen LogP contribution in [0.3, 0.4) is 0 Å². The van der Waals surface area contributed by atoms with Gasteiger partial charge in [0.05, 0.1) is 23.8 Å². The average molecular weight is 369 g/mol. The second-order valence-electron chi connectivity index (χ2n) is 5.53. The number of carboxylic acid groups (broad SMARTS) is 1. The molecule has 3 N–H and O–H groups in total. The summed E-state index contributed by atoms with van der Waals surface area (Å²) in [7, 11) is 0. The van der Waals surface area contributed by atoms with E-state index in [-0.39, 0.29) is 35.6 Å². The van der Waals surface area contributed by atoms with Crippen LogP contribution in [0.25, 0.3) is 0 Å². The van der Waals surface area contributed by atoms with E-state index in [0.29, 0.717) is 5.69 Å². The number of aliphatic carboxylic acids is 1. The molecule has 7 nitrogen and oxygen atoms in total. The van der Waals surface area contributed by atoms with Gasteiger partial charge in [0.1, 0.15) is 0 Å². The third-order valence-electron chi connectivity index (χ3n) is 3.13. The number of ether oxygens (including phenoxy) is 1. The van der Waals surface area contributed by atoms with Gasteiger partial charge in [0.15, 0.2) is 6.04 Å². The smallest absolute Gasteiger partial charge is 0.328 e. The van der Waals surface area contributed by atoms with E-state index < -0.39 is 17.9 Å². The number of carbonyl (C=O) groups is 3. The lowest BCUT2D eigenvalue weighted by molar-refractivity contribution is -0.140. The first-order valence-electron chi connectivity index (χ1n) is 7.59. The van der Waals surface area contributed by atoms with Gasteiger partial charge in [-0.2, -0.15) is 0 Å². The highest BCUT2D eigenvalue weighted by atomic mass is 35.5. The maximum Gasteiger partial charge on any atom is 0.328 e. The first-order valence-corrected chi connectivity index (χ1v) is 7.96. The van der Waals surface area contributed by atoms with Crippen LogP contribution in [0.5, 0.6) is 0 Å². The van der Waals surface area contributed by atoms with Crippen LogP contribution in [0.4, 0.5) is 5.69 Å². The number of benzene rings is 1. The minimum Gasteiger partial charge on any atom is -0.480 e. The molecule has 1 aromatic carbocycles. The maximum absolute atomic E-state index is 12.3. The van der Waals surface area contributed by atoms with E-state index in [9.17, 15) is 14.4 Å². The number of anilines is 1. The van der Waals surface area contributed by atoms with Crippen molar-refractivity contribution in [1.82, 2.24) is 5.32 Å². The van der Waals surface area contributed by atoms with Crippen molar-refractivity contribution in [2.75, 3.05) is 18.5 Å².